The average Bonchev–Trinajstić information content (AvgIpc) is 2.51. The van der Waals surface area contributed by atoms with Crippen LogP contribution in [0.1, 0.15) is 12.5 Å². The van der Waals surface area contributed by atoms with Crippen molar-refractivity contribution in [2.75, 3.05) is 6.61 Å². The zero-order valence-corrected chi connectivity index (χ0v) is 11.6. The van der Waals surface area contributed by atoms with E-state index in [1.54, 1.807) is 13.0 Å². The van der Waals surface area contributed by atoms with Gasteiger partial charge in [0.2, 0.25) is 0 Å². The summed E-state index contributed by atoms with van der Waals surface area (Å²) in [7, 11) is 0. The van der Waals surface area contributed by atoms with Crippen LogP contribution in [0, 0.1) is 0 Å². The molecule has 0 aliphatic rings. The summed E-state index contributed by atoms with van der Waals surface area (Å²) in [5.41, 5.74) is 4.26. The number of carbonyl (C=O) groups is 1. The van der Waals surface area contributed by atoms with E-state index in [1.807, 2.05) is 42.5 Å². The molecule has 0 N–H and O–H groups in total. The first-order valence-corrected chi connectivity index (χ1v) is 6.77. The van der Waals surface area contributed by atoms with E-state index in [-0.39, 0.29) is 5.97 Å². The van der Waals surface area contributed by atoms with Crippen molar-refractivity contribution in [2.45, 2.75) is 6.92 Å². The van der Waals surface area contributed by atoms with Crippen LogP contribution in [0.4, 0.5) is 0 Å². The zero-order valence-electron chi connectivity index (χ0n) is 11.6. The summed E-state index contributed by atoms with van der Waals surface area (Å²) in [4.78, 5) is 20.5. The Bertz CT molecular complexity index is 840. The van der Waals surface area contributed by atoms with E-state index in [4.69, 9.17) is 4.74 Å². The number of para-hydroxylation sites is 2. The van der Waals surface area contributed by atoms with Gasteiger partial charge in [-0.25, -0.2) is 14.8 Å². The third kappa shape index (κ3) is 2.89. The summed E-state index contributed by atoms with van der Waals surface area (Å²) < 4.78 is 4.86. The van der Waals surface area contributed by atoms with Crippen LogP contribution in [-0.2, 0) is 9.53 Å². The van der Waals surface area contributed by atoms with E-state index in [0.717, 1.165) is 27.6 Å². The highest BCUT2D eigenvalue weighted by Crippen LogP contribution is 2.17. The largest absolute Gasteiger partial charge is 0.463 e. The summed E-state index contributed by atoms with van der Waals surface area (Å²) in [6, 6.07) is 13.5. The minimum Gasteiger partial charge on any atom is -0.463 e. The lowest BCUT2D eigenvalue weighted by molar-refractivity contribution is -0.137. The first kappa shape index (κ1) is 13.2. The van der Waals surface area contributed by atoms with Gasteiger partial charge in [-0.3, -0.25) is 0 Å². The zero-order chi connectivity index (χ0) is 14.7. The number of aromatic nitrogens is 2. The Kier molecular flexibility index (Phi) is 3.60. The molecule has 0 spiro atoms. The van der Waals surface area contributed by atoms with Crippen LogP contribution in [0.25, 0.3) is 28.1 Å². The smallest absolute Gasteiger partial charge is 0.330 e. The summed E-state index contributed by atoms with van der Waals surface area (Å²) >= 11 is 0. The van der Waals surface area contributed by atoms with Crippen molar-refractivity contribution in [3.63, 3.8) is 0 Å². The summed E-state index contributed by atoms with van der Waals surface area (Å²) in [5, 5.41) is 0. The van der Waals surface area contributed by atoms with E-state index in [1.165, 1.54) is 6.08 Å². The van der Waals surface area contributed by atoms with Gasteiger partial charge in [-0.1, -0.05) is 18.2 Å². The fourth-order valence-electron chi connectivity index (χ4n) is 2.10. The van der Waals surface area contributed by atoms with Gasteiger partial charge in [-0.2, -0.15) is 0 Å². The molecule has 4 heteroatoms. The Morgan fingerprint density at radius 2 is 1.71 bits per heavy atom. The Balaban J connectivity index is 1.99. The van der Waals surface area contributed by atoms with Gasteiger partial charge in [-0.05, 0) is 42.8 Å². The lowest BCUT2D eigenvalue weighted by atomic mass is 10.1. The van der Waals surface area contributed by atoms with E-state index in [2.05, 4.69) is 9.97 Å². The number of carbonyl (C=O) groups excluding carboxylic acids is 1. The second-order valence-electron chi connectivity index (χ2n) is 4.55. The molecule has 0 bridgehead atoms. The highest BCUT2D eigenvalue weighted by Gasteiger charge is 2.01. The number of hydrogen-bond acceptors (Lipinski definition) is 4. The Labute approximate surface area is 122 Å². The summed E-state index contributed by atoms with van der Waals surface area (Å²) in [6.45, 7) is 2.15. The van der Waals surface area contributed by atoms with Crippen molar-refractivity contribution in [1.82, 2.24) is 9.97 Å². The second kappa shape index (κ2) is 5.71. The van der Waals surface area contributed by atoms with Gasteiger partial charge in [0, 0.05) is 6.08 Å². The molecule has 0 aliphatic carbocycles. The van der Waals surface area contributed by atoms with Gasteiger partial charge in [0.1, 0.15) is 0 Å². The van der Waals surface area contributed by atoms with E-state index in [0.29, 0.717) is 6.61 Å². The molecule has 21 heavy (non-hydrogen) atoms. The van der Waals surface area contributed by atoms with Gasteiger partial charge in [-0.15, -0.1) is 0 Å². The predicted octanol–water partition coefficient (Wildman–Crippen LogP) is 3.36. The lowest BCUT2D eigenvalue weighted by Crippen LogP contribution is -1.98. The Morgan fingerprint density at radius 1 is 1.05 bits per heavy atom. The van der Waals surface area contributed by atoms with Gasteiger partial charge in [0.05, 0.1) is 28.7 Å². The van der Waals surface area contributed by atoms with Gasteiger partial charge >= 0.3 is 5.97 Å². The molecule has 2 aromatic carbocycles. The van der Waals surface area contributed by atoms with Crippen molar-refractivity contribution in [1.29, 1.82) is 0 Å². The third-order valence-corrected chi connectivity index (χ3v) is 3.06. The molecular formula is C17H14N2O2. The van der Waals surface area contributed by atoms with Crippen LogP contribution in [0.2, 0.25) is 0 Å². The third-order valence-electron chi connectivity index (χ3n) is 3.06. The number of rotatable bonds is 3. The Morgan fingerprint density at radius 3 is 2.43 bits per heavy atom. The minimum atomic E-state index is -0.345. The maximum atomic E-state index is 11.3. The van der Waals surface area contributed by atoms with Crippen molar-refractivity contribution >= 4 is 34.1 Å². The Hall–Kier alpha value is -2.75. The highest BCUT2D eigenvalue weighted by molar-refractivity contribution is 5.90. The van der Waals surface area contributed by atoms with Crippen LogP contribution in [0.3, 0.4) is 0 Å². The van der Waals surface area contributed by atoms with Crippen LogP contribution < -0.4 is 0 Å². The molecule has 1 aromatic heterocycles. The first-order chi connectivity index (χ1) is 10.3. The van der Waals surface area contributed by atoms with Crippen LogP contribution in [-0.4, -0.2) is 22.5 Å². The normalized spacial score (nSPS) is 11.3. The molecule has 1 heterocycles. The van der Waals surface area contributed by atoms with Crippen LogP contribution in [0.15, 0.2) is 48.5 Å². The van der Waals surface area contributed by atoms with Crippen molar-refractivity contribution in [2.24, 2.45) is 0 Å². The van der Waals surface area contributed by atoms with Crippen molar-refractivity contribution in [3.05, 3.63) is 54.1 Å². The van der Waals surface area contributed by atoms with E-state index >= 15 is 0 Å². The molecule has 3 aromatic rings. The highest BCUT2D eigenvalue weighted by atomic mass is 16.5. The molecule has 0 atom stereocenters. The maximum absolute atomic E-state index is 11.3. The minimum absolute atomic E-state index is 0.345. The number of benzene rings is 2. The molecule has 0 amide bonds. The maximum Gasteiger partial charge on any atom is 0.330 e. The number of esters is 1. The second-order valence-corrected chi connectivity index (χ2v) is 4.55. The average molecular weight is 278 g/mol. The fourth-order valence-corrected chi connectivity index (χ4v) is 2.10. The molecule has 104 valence electrons. The van der Waals surface area contributed by atoms with Gasteiger partial charge in [0.15, 0.2) is 0 Å². The van der Waals surface area contributed by atoms with E-state index in [9.17, 15) is 4.79 Å². The molecule has 0 saturated carbocycles. The molecule has 0 fully saturated rings. The number of nitrogens with zero attached hydrogens (tertiary/aromatic N) is 2. The molecule has 0 unspecified atom stereocenters. The standard InChI is InChI=1S/C17H14N2O2/c1-2-21-17(20)10-8-12-7-9-15-16(11-12)19-14-6-4-3-5-13(14)18-15/h3-11H,2H2,1H3/b10-8+. The predicted molar refractivity (Wildman–Crippen MR) is 82.7 cm³/mol. The fraction of sp³-hybridized carbons (Fsp3) is 0.118. The molecule has 0 saturated heterocycles. The SMILES string of the molecule is CCOC(=O)/C=C/c1ccc2nc3ccccc3nc2c1. The van der Waals surface area contributed by atoms with Crippen LogP contribution >= 0.6 is 0 Å². The molecule has 4 nitrogen and oxygen atoms in total. The first-order valence-electron chi connectivity index (χ1n) is 6.77. The molecule has 0 aliphatic heterocycles. The lowest BCUT2D eigenvalue weighted by Gasteiger charge is -2.02. The van der Waals surface area contributed by atoms with Crippen molar-refractivity contribution < 1.29 is 9.53 Å². The topological polar surface area (TPSA) is 52.1 Å². The summed E-state index contributed by atoms with van der Waals surface area (Å²) in [5.74, 6) is -0.345. The molecule has 0 radical (unpaired) electrons. The van der Waals surface area contributed by atoms with Gasteiger partial charge in [0.25, 0.3) is 0 Å². The number of ether oxygens (including phenoxy) is 1. The van der Waals surface area contributed by atoms with E-state index < -0.39 is 0 Å². The van der Waals surface area contributed by atoms with Crippen molar-refractivity contribution in [3.8, 4) is 0 Å². The monoisotopic (exact) mass is 278 g/mol. The van der Waals surface area contributed by atoms with Gasteiger partial charge < -0.3 is 4.74 Å². The molecule has 3 rings (SSSR count). The molecular weight excluding hydrogens is 264 g/mol. The quantitative estimate of drug-likeness (QED) is 0.419. The number of hydrogen-bond donors (Lipinski definition) is 0. The number of fused-ring (bicyclic) bond motifs is 2. The van der Waals surface area contributed by atoms with Crippen LogP contribution in [0.5, 0.6) is 0 Å². The summed E-state index contributed by atoms with van der Waals surface area (Å²) in [6.07, 6.45) is 3.13.